The van der Waals surface area contributed by atoms with Gasteiger partial charge in [0.25, 0.3) is 0 Å². The number of para-hydroxylation sites is 1. The Kier molecular flexibility index (Phi) is 3.15. The molecule has 0 aliphatic rings. The summed E-state index contributed by atoms with van der Waals surface area (Å²) in [7, 11) is 1.42. The average molecular weight is 249 g/mol. The van der Waals surface area contributed by atoms with E-state index in [1.807, 2.05) is 38.1 Å². The van der Waals surface area contributed by atoms with Crippen molar-refractivity contribution in [2.24, 2.45) is 5.41 Å². The highest BCUT2D eigenvalue weighted by Crippen LogP contribution is 2.29. The first-order chi connectivity index (χ1) is 8.03. The number of hydrogen-bond acceptors (Lipinski definition) is 4. The molecule has 2 aromatic rings. The van der Waals surface area contributed by atoms with Crippen LogP contribution in [0.15, 0.2) is 24.3 Å². The standard InChI is InChI=1S/C13H15NO2S/c1-13(2,12(15)16-3)8-11-14-9-6-4-5-7-10(9)17-11/h4-7H,8H2,1-3H3. The van der Waals surface area contributed by atoms with Crippen LogP contribution in [0.4, 0.5) is 0 Å². The van der Waals surface area contributed by atoms with Gasteiger partial charge in [-0.15, -0.1) is 11.3 Å². The molecule has 0 spiro atoms. The molecule has 0 saturated heterocycles. The van der Waals surface area contributed by atoms with Crippen molar-refractivity contribution in [2.75, 3.05) is 7.11 Å². The summed E-state index contributed by atoms with van der Waals surface area (Å²) in [6.45, 7) is 3.76. The van der Waals surface area contributed by atoms with Crippen molar-refractivity contribution in [1.29, 1.82) is 0 Å². The smallest absolute Gasteiger partial charge is 0.311 e. The van der Waals surface area contributed by atoms with Crippen LogP contribution in [0.3, 0.4) is 0 Å². The van der Waals surface area contributed by atoms with Gasteiger partial charge in [0.05, 0.1) is 27.7 Å². The molecule has 90 valence electrons. The lowest BCUT2D eigenvalue weighted by Gasteiger charge is -2.19. The maximum absolute atomic E-state index is 11.6. The summed E-state index contributed by atoms with van der Waals surface area (Å²) in [5.41, 5.74) is 0.468. The van der Waals surface area contributed by atoms with Crippen LogP contribution < -0.4 is 0 Å². The van der Waals surface area contributed by atoms with E-state index in [2.05, 4.69) is 4.98 Å². The maximum Gasteiger partial charge on any atom is 0.311 e. The number of ether oxygens (including phenoxy) is 1. The van der Waals surface area contributed by atoms with Crippen LogP contribution in [0.2, 0.25) is 0 Å². The van der Waals surface area contributed by atoms with Gasteiger partial charge in [-0.3, -0.25) is 4.79 Å². The number of thiazole rings is 1. The average Bonchev–Trinajstić information content (AvgIpc) is 2.68. The van der Waals surface area contributed by atoms with Gasteiger partial charge in [0.15, 0.2) is 0 Å². The Balaban J connectivity index is 2.26. The summed E-state index contributed by atoms with van der Waals surface area (Å²) >= 11 is 1.63. The number of methoxy groups -OCH3 is 1. The molecule has 0 bridgehead atoms. The van der Waals surface area contributed by atoms with Crippen molar-refractivity contribution in [3.8, 4) is 0 Å². The number of benzene rings is 1. The molecule has 0 N–H and O–H groups in total. The van der Waals surface area contributed by atoms with Gasteiger partial charge in [0, 0.05) is 6.42 Å². The fraction of sp³-hybridized carbons (Fsp3) is 0.385. The molecule has 1 aromatic heterocycles. The second-order valence-electron chi connectivity index (χ2n) is 4.63. The van der Waals surface area contributed by atoms with Crippen LogP contribution in [0.25, 0.3) is 10.2 Å². The SMILES string of the molecule is COC(=O)C(C)(C)Cc1nc2ccccc2s1. The summed E-state index contributed by atoms with van der Waals surface area (Å²) in [5.74, 6) is -0.197. The summed E-state index contributed by atoms with van der Waals surface area (Å²) < 4.78 is 5.95. The minimum atomic E-state index is -0.525. The zero-order chi connectivity index (χ0) is 12.5. The molecule has 0 amide bonds. The quantitative estimate of drug-likeness (QED) is 0.785. The van der Waals surface area contributed by atoms with Crippen molar-refractivity contribution in [2.45, 2.75) is 20.3 Å². The lowest BCUT2D eigenvalue weighted by molar-refractivity contribution is -0.150. The van der Waals surface area contributed by atoms with Crippen LogP contribution in [0.1, 0.15) is 18.9 Å². The molecule has 2 rings (SSSR count). The number of carbonyl (C=O) groups is 1. The monoisotopic (exact) mass is 249 g/mol. The predicted octanol–water partition coefficient (Wildman–Crippen LogP) is 3.04. The van der Waals surface area contributed by atoms with Crippen LogP contribution in [-0.4, -0.2) is 18.1 Å². The Morgan fingerprint density at radius 3 is 2.76 bits per heavy atom. The van der Waals surface area contributed by atoms with E-state index < -0.39 is 5.41 Å². The second-order valence-corrected chi connectivity index (χ2v) is 5.74. The number of aromatic nitrogens is 1. The molecular formula is C13H15NO2S. The largest absolute Gasteiger partial charge is 0.469 e. The van der Waals surface area contributed by atoms with E-state index in [9.17, 15) is 4.79 Å². The van der Waals surface area contributed by atoms with E-state index in [1.54, 1.807) is 11.3 Å². The molecular weight excluding hydrogens is 234 g/mol. The van der Waals surface area contributed by atoms with Gasteiger partial charge >= 0.3 is 5.97 Å². The summed E-state index contributed by atoms with van der Waals surface area (Å²) in [4.78, 5) is 16.1. The Bertz CT molecular complexity index is 512. The first-order valence-corrected chi connectivity index (χ1v) is 6.27. The third kappa shape index (κ3) is 2.47. The van der Waals surface area contributed by atoms with E-state index in [4.69, 9.17) is 4.74 Å². The van der Waals surface area contributed by atoms with Crippen molar-refractivity contribution in [3.63, 3.8) is 0 Å². The molecule has 1 heterocycles. The van der Waals surface area contributed by atoms with E-state index >= 15 is 0 Å². The Morgan fingerprint density at radius 2 is 2.12 bits per heavy atom. The lowest BCUT2D eigenvalue weighted by atomic mass is 9.90. The molecule has 0 unspecified atom stereocenters. The maximum atomic E-state index is 11.6. The molecule has 0 fully saturated rings. The fourth-order valence-electron chi connectivity index (χ4n) is 1.72. The minimum absolute atomic E-state index is 0.197. The Hall–Kier alpha value is -1.42. The first kappa shape index (κ1) is 12.0. The number of hydrogen-bond donors (Lipinski definition) is 0. The normalized spacial score (nSPS) is 11.7. The fourth-order valence-corrected chi connectivity index (χ4v) is 2.92. The van der Waals surface area contributed by atoms with Gasteiger partial charge in [-0.05, 0) is 26.0 Å². The van der Waals surface area contributed by atoms with Crippen molar-refractivity contribution in [3.05, 3.63) is 29.3 Å². The predicted molar refractivity (Wildman–Crippen MR) is 69.1 cm³/mol. The second kappa shape index (κ2) is 4.45. The molecule has 0 aliphatic heterocycles. The van der Waals surface area contributed by atoms with Crippen LogP contribution in [-0.2, 0) is 16.0 Å². The molecule has 4 heteroatoms. The van der Waals surface area contributed by atoms with E-state index in [0.717, 1.165) is 15.2 Å². The highest BCUT2D eigenvalue weighted by Gasteiger charge is 2.30. The molecule has 3 nitrogen and oxygen atoms in total. The summed E-state index contributed by atoms with van der Waals surface area (Å²) in [6.07, 6.45) is 0.610. The first-order valence-electron chi connectivity index (χ1n) is 5.46. The molecule has 0 saturated carbocycles. The van der Waals surface area contributed by atoms with E-state index in [1.165, 1.54) is 7.11 Å². The zero-order valence-electron chi connectivity index (χ0n) is 10.2. The molecule has 17 heavy (non-hydrogen) atoms. The molecule has 0 aliphatic carbocycles. The summed E-state index contributed by atoms with van der Waals surface area (Å²) in [5, 5.41) is 0.974. The van der Waals surface area contributed by atoms with Crippen LogP contribution in [0.5, 0.6) is 0 Å². The molecule has 0 atom stereocenters. The summed E-state index contributed by atoms with van der Waals surface area (Å²) in [6, 6.07) is 8.00. The van der Waals surface area contributed by atoms with Crippen molar-refractivity contribution in [1.82, 2.24) is 4.98 Å². The van der Waals surface area contributed by atoms with Gasteiger partial charge in [0.2, 0.25) is 0 Å². The topological polar surface area (TPSA) is 39.2 Å². The highest BCUT2D eigenvalue weighted by atomic mass is 32.1. The van der Waals surface area contributed by atoms with Crippen molar-refractivity contribution >= 4 is 27.5 Å². The van der Waals surface area contributed by atoms with Crippen LogP contribution in [0, 0.1) is 5.41 Å². The number of carbonyl (C=O) groups excluding carboxylic acids is 1. The highest BCUT2D eigenvalue weighted by molar-refractivity contribution is 7.18. The third-order valence-corrected chi connectivity index (χ3v) is 3.71. The van der Waals surface area contributed by atoms with E-state index in [0.29, 0.717) is 6.42 Å². The third-order valence-electron chi connectivity index (χ3n) is 2.67. The van der Waals surface area contributed by atoms with Gasteiger partial charge in [0.1, 0.15) is 0 Å². The Morgan fingerprint density at radius 1 is 1.41 bits per heavy atom. The minimum Gasteiger partial charge on any atom is -0.469 e. The van der Waals surface area contributed by atoms with Crippen molar-refractivity contribution < 1.29 is 9.53 Å². The molecule has 1 aromatic carbocycles. The van der Waals surface area contributed by atoms with Gasteiger partial charge in [-0.2, -0.15) is 0 Å². The Labute approximate surface area is 104 Å². The number of fused-ring (bicyclic) bond motifs is 1. The van der Waals surface area contributed by atoms with Gasteiger partial charge in [-0.1, -0.05) is 12.1 Å². The zero-order valence-corrected chi connectivity index (χ0v) is 11.0. The number of nitrogens with zero attached hydrogens (tertiary/aromatic N) is 1. The van der Waals surface area contributed by atoms with Gasteiger partial charge < -0.3 is 4.74 Å². The molecule has 0 radical (unpaired) electrons. The number of esters is 1. The lowest BCUT2D eigenvalue weighted by Crippen LogP contribution is -2.27. The van der Waals surface area contributed by atoms with Gasteiger partial charge in [-0.25, -0.2) is 4.98 Å². The van der Waals surface area contributed by atoms with E-state index in [-0.39, 0.29) is 5.97 Å². The van der Waals surface area contributed by atoms with Crippen LogP contribution >= 0.6 is 11.3 Å². The number of rotatable bonds is 3.